The van der Waals surface area contributed by atoms with Gasteiger partial charge in [-0.25, -0.2) is 4.98 Å². The van der Waals surface area contributed by atoms with Gasteiger partial charge >= 0.3 is 0 Å². The van der Waals surface area contributed by atoms with Crippen molar-refractivity contribution in [2.75, 3.05) is 18.1 Å². The summed E-state index contributed by atoms with van der Waals surface area (Å²) in [7, 11) is 0. The second-order valence-corrected chi connectivity index (χ2v) is 7.27. The van der Waals surface area contributed by atoms with E-state index in [4.69, 9.17) is 4.98 Å². The van der Waals surface area contributed by atoms with Crippen molar-refractivity contribution in [1.29, 1.82) is 0 Å². The topological polar surface area (TPSA) is 24.9 Å². The summed E-state index contributed by atoms with van der Waals surface area (Å²) in [6, 6.07) is 8.98. The Morgan fingerprint density at radius 3 is 2.85 bits per heavy atom. The van der Waals surface area contributed by atoms with E-state index in [9.17, 15) is 0 Å². The first-order valence-electron chi connectivity index (χ1n) is 7.49. The van der Waals surface area contributed by atoms with Crippen molar-refractivity contribution in [3.63, 3.8) is 0 Å². The van der Waals surface area contributed by atoms with E-state index in [1.54, 1.807) is 0 Å². The van der Waals surface area contributed by atoms with Gasteiger partial charge in [-0.2, -0.15) is 11.8 Å². The Bertz CT molecular complexity index is 477. The molecular weight excluding hydrogens is 284 g/mol. The van der Waals surface area contributed by atoms with Gasteiger partial charge in [-0.15, -0.1) is 11.3 Å². The molecule has 4 heteroatoms. The molecule has 0 radical (unpaired) electrons. The number of nitrogens with zero attached hydrogens (tertiary/aromatic N) is 1. The maximum atomic E-state index is 4.76. The van der Waals surface area contributed by atoms with E-state index in [2.05, 4.69) is 55.2 Å². The third kappa shape index (κ3) is 4.76. The smallest absolute Gasteiger partial charge is 0.0954 e. The highest BCUT2D eigenvalue weighted by Crippen LogP contribution is 2.23. The van der Waals surface area contributed by atoms with Gasteiger partial charge in [0.25, 0.3) is 0 Å². The molecule has 2 nitrogen and oxygen atoms in total. The van der Waals surface area contributed by atoms with Gasteiger partial charge in [0.2, 0.25) is 0 Å². The minimum absolute atomic E-state index is 0.548. The molecule has 1 atom stereocenters. The molecule has 20 heavy (non-hydrogen) atoms. The van der Waals surface area contributed by atoms with Crippen molar-refractivity contribution < 1.29 is 0 Å². The van der Waals surface area contributed by atoms with Gasteiger partial charge in [-0.1, -0.05) is 26.0 Å². The lowest BCUT2D eigenvalue weighted by molar-refractivity contribution is 0.549. The van der Waals surface area contributed by atoms with Crippen molar-refractivity contribution in [2.24, 2.45) is 0 Å². The Balaban J connectivity index is 1.97. The summed E-state index contributed by atoms with van der Waals surface area (Å²) in [4.78, 5) is 4.76. The molecule has 1 unspecified atom stereocenters. The Morgan fingerprint density at radius 2 is 2.10 bits per heavy atom. The Hall–Kier alpha value is -0.580. The minimum atomic E-state index is 0.548. The molecule has 1 N–H and O–H groups in total. The van der Waals surface area contributed by atoms with Crippen LogP contribution in [-0.4, -0.2) is 29.1 Å². The number of hydrogen-bond donors (Lipinski definition) is 1. The average Bonchev–Trinajstić information content (AvgIpc) is 2.87. The quantitative estimate of drug-likeness (QED) is 0.697. The highest BCUT2D eigenvalue weighted by atomic mass is 32.2. The summed E-state index contributed by atoms with van der Waals surface area (Å²) in [6.07, 6.45) is 3.50. The molecule has 0 amide bonds. The Morgan fingerprint density at radius 1 is 1.25 bits per heavy atom. The van der Waals surface area contributed by atoms with Crippen LogP contribution < -0.4 is 5.32 Å². The van der Waals surface area contributed by atoms with Crippen LogP contribution in [0, 0.1) is 0 Å². The Labute approximate surface area is 130 Å². The molecule has 110 valence electrons. The minimum Gasteiger partial charge on any atom is -0.313 e. The summed E-state index contributed by atoms with van der Waals surface area (Å²) in [5.74, 6) is 2.44. The lowest BCUT2D eigenvalue weighted by Gasteiger charge is -2.16. The summed E-state index contributed by atoms with van der Waals surface area (Å²) in [5.41, 5.74) is 1.14. The monoisotopic (exact) mass is 308 g/mol. The van der Waals surface area contributed by atoms with E-state index in [1.807, 2.05) is 11.3 Å². The van der Waals surface area contributed by atoms with Gasteiger partial charge in [0.05, 0.1) is 15.2 Å². The summed E-state index contributed by atoms with van der Waals surface area (Å²) in [6.45, 7) is 5.57. The highest BCUT2D eigenvalue weighted by Gasteiger charge is 2.12. The van der Waals surface area contributed by atoms with Crippen molar-refractivity contribution in [3.8, 4) is 0 Å². The predicted octanol–water partition coefficient (Wildman–Crippen LogP) is 4.35. The third-order valence-corrected chi connectivity index (χ3v) is 5.50. The molecule has 0 aliphatic carbocycles. The number of fused-ring (bicyclic) bond motifs is 1. The van der Waals surface area contributed by atoms with E-state index in [0.717, 1.165) is 18.5 Å². The molecule has 0 saturated carbocycles. The molecule has 1 heterocycles. The van der Waals surface area contributed by atoms with Crippen LogP contribution in [0.25, 0.3) is 10.2 Å². The summed E-state index contributed by atoms with van der Waals surface area (Å²) in [5, 5.41) is 4.93. The van der Waals surface area contributed by atoms with Crippen LogP contribution in [-0.2, 0) is 6.42 Å². The maximum Gasteiger partial charge on any atom is 0.0954 e. The molecule has 0 saturated heterocycles. The van der Waals surface area contributed by atoms with Crippen LogP contribution in [0.1, 0.15) is 31.7 Å². The zero-order valence-corrected chi connectivity index (χ0v) is 14.0. The van der Waals surface area contributed by atoms with Crippen LogP contribution in [0.2, 0.25) is 0 Å². The molecule has 0 spiro atoms. The summed E-state index contributed by atoms with van der Waals surface area (Å²) >= 11 is 3.89. The molecule has 1 aromatic heterocycles. The maximum absolute atomic E-state index is 4.76. The SMILES string of the molecule is CCCNC(CSCCC)Cc1nc2ccccc2s1. The first kappa shape index (κ1) is 15.8. The molecule has 2 rings (SSSR count). The first-order valence-corrected chi connectivity index (χ1v) is 9.46. The molecular formula is C16H24N2S2. The zero-order chi connectivity index (χ0) is 14.2. The highest BCUT2D eigenvalue weighted by molar-refractivity contribution is 7.99. The average molecular weight is 309 g/mol. The van der Waals surface area contributed by atoms with Gasteiger partial charge in [0.15, 0.2) is 0 Å². The number of hydrogen-bond acceptors (Lipinski definition) is 4. The first-order chi connectivity index (χ1) is 9.83. The molecule has 0 aliphatic heterocycles. The van der Waals surface area contributed by atoms with Crippen LogP contribution in [0.15, 0.2) is 24.3 Å². The molecule has 2 aromatic rings. The number of aromatic nitrogens is 1. The Kier molecular flexibility index (Phi) is 6.83. The van der Waals surface area contributed by atoms with E-state index in [1.165, 1.54) is 34.1 Å². The van der Waals surface area contributed by atoms with E-state index in [0.29, 0.717) is 6.04 Å². The van der Waals surface area contributed by atoms with Gasteiger partial charge in [0.1, 0.15) is 0 Å². The summed E-state index contributed by atoms with van der Waals surface area (Å²) < 4.78 is 1.30. The van der Waals surface area contributed by atoms with Gasteiger partial charge in [-0.05, 0) is 37.3 Å². The predicted molar refractivity (Wildman–Crippen MR) is 93.0 cm³/mol. The molecule has 0 bridgehead atoms. The van der Waals surface area contributed by atoms with Gasteiger partial charge in [0, 0.05) is 18.2 Å². The van der Waals surface area contributed by atoms with Crippen molar-refractivity contribution >= 4 is 33.3 Å². The van der Waals surface area contributed by atoms with Gasteiger partial charge in [-0.3, -0.25) is 0 Å². The zero-order valence-electron chi connectivity index (χ0n) is 12.4. The molecule has 0 aliphatic rings. The van der Waals surface area contributed by atoms with E-state index < -0.39 is 0 Å². The fraction of sp³-hybridized carbons (Fsp3) is 0.562. The van der Waals surface area contributed by atoms with Gasteiger partial charge < -0.3 is 5.32 Å². The van der Waals surface area contributed by atoms with E-state index >= 15 is 0 Å². The fourth-order valence-corrected chi connectivity index (χ4v) is 4.15. The second-order valence-electron chi connectivity index (χ2n) is 5.01. The normalized spacial score (nSPS) is 12.9. The van der Waals surface area contributed by atoms with Crippen LogP contribution in [0.4, 0.5) is 0 Å². The third-order valence-electron chi connectivity index (χ3n) is 3.11. The molecule has 0 fully saturated rings. The van der Waals surface area contributed by atoms with Crippen molar-refractivity contribution in [2.45, 2.75) is 39.2 Å². The largest absolute Gasteiger partial charge is 0.313 e. The second kappa shape index (κ2) is 8.65. The lowest BCUT2D eigenvalue weighted by atomic mass is 10.2. The number of nitrogens with one attached hydrogen (secondary N) is 1. The molecule has 1 aromatic carbocycles. The lowest BCUT2D eigenvalue weighted by Crippen LogP contribution is -2.34. The number of thiazole rings is 1. The standard InChI is InChI=1S/C16H24N2S2/c1-3-9-17-13(12-19-10-4-2)11-16-18-14-7-5-6-8-15(14)20-16/h5-8,13,17H,3-4,9-12H2,1-2H3. The number of benzene rings is 1. The fourth-order valence-electron chi connectivity index (χ4n) is 2.13. The van der Waals surface area contributed by atoms with Crippen LogP contribution in [0.3, 0.4) is 0 Å². The van der Waals surface area contributed by atoms with Crippen LogP contribution >= 0.6 is 23.1 Å². The number of thioether (sulfide) groups is 1. The van der Waals surface area contributed by atoms with Crippen LogP contribution in [0.5, 0.6) is 0 Å². The van der Waals surface area contributed by atoms with E-state index in [-0.39, 0.29) is 0 Å². The number of para-hydroxylation sites is 1. The number of rotatable bonds is 9. The van der Waals surface area contributed by atoms with Crippen molar-refractivity contribution in [3.05, 3.63) is 29.3 Å². The van der Waals surface area contributed by atoms with Crippen molar-refractivity contribution in [1.82, 2.24) is 10.3 Å².